The predicted molar refractivity (Wildman–Crippen MR) is 73.0 cm³/mol. The number of benzene rings is 1. The van der Waals surface area contributed by atoms with E-state index in [9.17, 15) is 28.1 Å². The van der Waals surface area contributed by atoms with Crippen molar-refractivity contribution >= 4 is 33.1 Å². The van der Waals surface area contributed by atoms with Crippen LogP contribution < -0.4 is 5.32 Å². The Bertz CT molecular complexity index is 697. The van der Waals surface area contributed by atoms with Crippen LogP contribution in [0.2, 0.25) is 0 Å². The summed E-state index contributed by atoms with van der Waals surface area (Å²) in [5, 5.41) is 21.8. The summed E-state index contributed by atoms with van der Waals surface area (Å²) in [6, 6.07) is 3.00. The summed E-state index contributed by atoms with van der Waals surface area (Å²) in [4.78, 5) is 32.3. The number of aromatic carboxylic acids is 1. The van der Waals surface area contributed by atoms with Crippen LogP contribution >= 0.6 is 0 Å². The zero-order valence-electron chi connectivity index (χ0n) is 10.9. The minimum Gasteiger partial charge on any atom is -0.478 e. The second kappa shape index (κ2) is 6.31. The van der Waals surface area contributed by atoms with Gasteiger partial charge in [0.15, 0.2) is 0 Å². The van der Waals surface area contributed by atoms with E-state index in [4.69, 9.17) is 5.11 Å². The normalized spacial score (nSPS) is 10.9. The zero-order chi connectivity index (χ0) is 16.2. The highest BCUT2D eigenvalue weighted by Crippen LogP contribution is 2.25. The SMILES string of the molecule is CS(=O)(=O)CCC(=O)Nc1ccc(C(=O)O)cc1[N+](=O)[O-]. The van der Waals surface area contributed by atoms with Crippen LogP contribution in [-0.2, 0) is 14.6 Å². The van der Waals surface area contributed by atoms with E-state index >= 15 is 0 Å². The molecule has 10 heteroatoms. The number of sulfone groups is 1. The quantitative estimate of drug-likeness (QED) is 0.579. The third-order valence-electron chi connectivity index (χ3n) is 2.42. The van der Waals surface area contributed by atoms with E-state index in [-0.39, 0.29) is 23.4 Å². The van der Waals surface area contributed by atoms with Crippen molar-refractivity contribution < 1.29 is 28.0 Å². The largest absolute Gasteiger partial charge is 0.478 e. The molecule has 0 heterocycles. The molecule has 0 saturated carbocycles. The van der Waals surface area contributed by atoms with E-state index in [2.05, 4.69) is 5.32 Å². The average Bonchev–Trinajstić information content (AvgIpc) is 2.35. The number of nitrogens with zero attached hydrogens (tertiary/aromatic N) is 1. The van der Waals surface area contributed by atoms with Crippen LogP contribution in [0.1, 0.15) is 16.8 Å². The molecule has 0 bridgehead atoms. The van der Waals surface area contributed by atoms with E-state index in [1.807, 2.05) is 0 Å². The van der Waals surface area contributed by atoms with E-state index < -0.39 is 32.3 Å². The number of carboxylic acids is 1. The molecule has 0 radical (unpaired) electrons. The number of nitrogens with one attached hydrogen (secondary N) is 1. The summed E-state index contributed by atoms with van der Waals surface area (Å²) in [6.07, 6.45) is 0.612. The highest BCUT2D eigenvalue weighted by atomic mass is 32.2. The van der Waals surface area contributed by atoms with Gasteiger partial charge < -0.3 is 10.4 Å². The molecule has 21 heavy (non-hydrogen) atoms. The van der Waals surface area contributed by atoms with Gasteiger partial charge >= 0.3 is 5.97 Å². The summed E-state index contributed by atoms with van der Waals surface area (Å²) >= 11 is 0. The molecule has 0 aliphatic heterocycles. The van der Waals surface area contributed by atoms with E-state index in [1.54, 1.807) is 0 Å². The molecule has 0 aromatic heterocycles. The molecule has 1 rings (SSSR count). The van der Waals surface area contributed by atoms with Crippen LogP contribution in [0.3, 0.4) is 0 Å². The summed E-state index contributed by atoms with van der Waals surface area (Å²) in [5.41, 5.74) is -1.07. The Kier molecular flexibility index (Phi) is 4.97. The summed E-state index contributed by atoms with van der Waals surface area (Å²) in [7, 11) is -3.33. The van der Waals surface area contributed by atoms with Crippen LogP contribution in [0.4, 0.5) is 11.4 Å². The Hall–Kier alpha value is -2.49. The fourth-order valence-corrected chi connectivity index (χ4v) is 1.97. The minimum atomic E-state index is -3.33. The van der Waals surface area contributed by atoms with Gasteiger partial charge in [0.1, 0.15) is 15.5 Å². The van der Waals surface area contributed by atoms with Crippen molar-refractivity contribution in [2.45, 2.75) is 6.42 Å². The molecule has 0 aliphatic carbocycles. The highest BCUT2D eigenvalue weighted by Gasteiger charge is 2.19. The lowest BCUT2D eigenvalue weighted by atomic mass is 10.1. The van der Waals surface area contributed by atoms with Crippen molar-refractivity contribution in [3.63, 3.8) is 0 Å². The molecule has 0 atom stereocenters. The lowest BCUT2D eigenvalue weighted by Gasteiger charge is -2.06. The fraction of sp³-hybridized carbons (Fsp3) is 0.273. The number of amides is 1. The maximum absolute atomic E-state index is 11.5. The third-order valence-corrected chi connectivity index (χ3v) is 3.36. The van der Waals surface area contributed by atoms with Gasteiger partial charge in [-0.15, -0.1) is 0 Å². The second-order valence-electron chi connectivity index (χ2n) is 4.22. The first-order chi connectivity index (χ1) is 9.60. The molecule has 0 spiro atoms. The summed E-state index contributed by atoms with van der Waals surface area (Å²) in [6.45, 7) is 0. The number of carboxylic acid groups (broad SMARTS) is 1. The van der Waals surface area contributed by atoms with Crippen molar-refractivity contribution in [3.8, 4) is 0 Å². The molecule has 9 nitrogen and oxygen atoms in total. The number of hydrogen-bond acceptors (Lipinski definition) is 6. The lowest BCUT2D eigenvalue weighted by molar-refractivity contribution is -0.384. The van der Waals surface area contributed by atoms with Crippen molar-refractivity contribution in [1.29, 1.82) is 0 Å². The van der Waals surface area contributed by atoms with Crippen molar-refractivity contribution in [1.82, 2.24) is 0 Å². The summed E-state index contributed by atoms with van der Waals surface area (Å²) in [5.74, 6) is -2.44. The van der Waals surface area contributed by atoms with Gasteiger partial charge in [-0.3, -0.25) is 14.9 Å². The molecule has 0 unspecified atom stereocenters. The Labute approximate surface area is 119 Å². The number of hydrogen-bond donors (Lipinski definition) is 2. The van der Waals surface area contributed by atoms with Crippen LogP contribution in [0, 0.1) is 10.1 Å². The topological polar surface area (TPSA) is 144 Å². The Morgan fingerprint density at radius 3 is 2.48 bits per heavy atom. The second-order valence-corrected chi connectivity index (χ2v) is 6.48. The molecule has 114 valence electrons. The number of nitro groups is 1. The van der Waals surface area contributed by atoms with Gasteiger partial charge in [0, 0.05) is 18.7 Å². The van der Waals surface area contributed by atoms with Gasteiger partial charge in [0.05, 0.1) is 16.2 Å². The smallest absolute Gasteiger partial charge is 0.335 e. The molecule has 0 aliphatic rings. The van der Waals surface area contributed by atoms with Crippen LogP contribution in [0.25, 0.3) is 0 Å². The van der Waals surface area contributed by atoms with E-state index in [1.165, 1.54) is 0 Å². The van der Waals surface area contributed by atoms with Crippen molar-refractivity contribution in [3.05, 3.63) is 33.9 Å². The average molecular weight is 316 g/mol. The molecule has 2 N–H and O–H groups in total. The van der Waals surface area contributed by atoms with Gasteiger partial charge in [0.25, 0.3) is 5.69 Å². The molecule has 1 aromatic carbocycles. The molecule has 1 amide bonds. The van der Waals surface area contributed by atoms with Gasteiger partial charge in [-0.25, -0.2) is 13.2 Å². The maximum atomic E-state index is 11.5. The standard InChI is InChI=1S/C11H12N2O7S/c1-21(19,20)5-4-10(14)12-8-3-2-7(11(15)16)6-9(8)13(17)18/h2-3,6H,4-5H2,1H3,(H,12,14)(H,15,16). The fourth-order valence-electron chi connectivity index (χ4n) is 1.41. The number of nitro benzene ring substituents is 1. The van der Waals surface area contributed by atoms with Crippen molar-refractivity contribution in [2.24, 2.45) is 0 Å². The van der Waals surface area contributed by atoms with Crippen LogP contribution in [0.5, 0.6) is 0 Å². The first kappa shape index (κ1) is 16.6. The Morgan fingerprint density at radius 2 is 2.00 bits per heavy atom. The molecule has 1 aromatic rings. The number of carbonyl (C=O) groups is 2. The number of carbonyl (C=O) groups excluding carboxylic acids is 1. The maximum Gasteiger partial charge on any atom is 0.335 e. The number of anilines is 1. The Balaban J connectivity index is 2.95. The predicted octanol–water partition coefficient (Wildman–Crippen LogP) is 0.666. The third kappa shape index (κ3) is 5.18. The van der Waals surface area contributed by atoms with Gasteiger partial charge in [-0.05, 0) is 12.1 Å². The first-order valence-corrected chi connectivity index (χ1v) is 7.65. The summed E-state index contributed by atoms with van der Waals surface area (Å²) < 4.78 is 21.9. The molecule has 0 fully saturated rings. The van der Waals surface area contributed by atoms with E-state index in [0.29, 0.717) is 0 Å². The van der Waals surface area contributed by atoms with Crippen LogP contribution in [0.15, 0.2) is 18.2 Å². The molecule has 0 saturated heterocycles. The monoisotopic (exact) mass is 316 g/mol. The van der Waals surface area contributed by atoms with Gasteiger partial charge in [-0.1, -0.05) is 0 Å². The van der Waals surface area contributed by atoms with Gasteiger partial charge in [0.2, 0.25) is 5.91 Å². The lowest BCUT2D eigenvalue weighted by Crippen LogP contribution is -2.17. The Morgan fingerprint density at radius 1 is 1.38 bits per heavy atom. The highest BCUT2D eigenvalue weighted by molar-refractivity contribution is 7.90. The number of rotatable bonds is 6. The van der Waals surface area contributed by atoms with Crippen LogP contribution in [-0.4, -0.2) is 42.3 Å². The van der Waals surface area contributed by atoms with Gasteiger partial charge in [-0.2, -0.15) is 0 Å². The zero-order valence-corrected chi connectivity index (χ0v) is 11.7. The van der Waals surface area contributed by atoms with E-state index in [0.717, 1.165) is 24.5 Å². The van der Waals surface area contributed by atoms with Crippen molar-refractivity contribution in [2.75, 3.05) is 17.3 Å². The minimum absolute atomic E-state index is 0.191. The first-order valence-electron chi connectivity index (χ1n) is 5.59. The molecular weight excluding hydrogens is 304 g/mol. The molecular formula is C11H12N2O7S.